The maximum absolute atomic E-state index is 13.5. The van der Waals surface area contributed by atoms with Gasteiger partial charge in [-0.25, -0.2) is 9.18 Å². The molecule has 0 radical (unpaired) electrons. The fraction of sp³-hybridized carbons (Fsp3) is 0.308. The second-order valence-electron chi connectivity index (χ2n) is 3.90. The average Bonchev–Trinajstić information content (AvgIpc) is 2.36. The van der Waals surface area contributed by atoms with Gasteiger partial charge in [0.05, 0.1) is 17.7 Å². The van der Waals surface area contributed by atoms with E-state index in [1.54, 1.807) is 13.8 Å². The minimum absolute atomic E-state index is 0.0298. The molecule has 0 saturated heterocycles. The molecule has 1 unspecified atom stereocenters. The van der Waals surface area contributed by atoms with Crippen molar-refractivity contribution in [2.75, 3.05) is 0 Å². The van der Waals surface area contributed by atoms with E-state index >= 15 is 0 Å². The smallest absolute Gasteiger partial charge is 0.349 e. The Morgan fingerprint density at radius 1 is 1.28 bits per heavy atom. The van der Waals surface area contributed by atoms with Crippen molar-refractivity contribution in [3.05, 3.63) is 35.4 Å². The van der Waals surface area contributed by atoms with Gasteiger partial charge in [-0.3, -0.25) is 4.79 Å². The zero-order valence-corrected chi connectivity index (χ0v) is 10.0. The largest absolute Gasteiger partial charge is 0.460 e. The van der Waals surface area contributed by atoms with E-state index in [1.165, 1.54) is 24.3 Å². The third-order valence-electron chi connectivity index (χ3n) is 2.09. The van der Waals surface area contributed by atoms with Crippen LogP contribution in [0.15, 0.2) is 24.3 Å². The molecule has 4 nitrogen and oxygen atoms in total. The van der Waals surface area contributed by atoms with Gasteiger partial charge >= 0.3 is 5.97 Å². The summed E-state index contributed by atoms with van der Waals surface area (Å²) in [6.45, 7) is 3.13. The van der Waals surface area contributed by atoms with Crippen LogP contribution in [0.4, 0.5) is 4.39 Å². The molecule has 18 heavy (non-hydrogen) atoms. The van der Waals surface area contributed by atoms with Gasteiger partial charge in [0, 0.05) is 5.56 Å². The lowest BCUT2D eigenvalue weighted by Gasteiger charge is -2.10. The first-order valence-electron chi connectivity index (χ1n) is 5.34. The lowest BCUT2D eigenvalue weighted by Crippen LogP contribution is -2.29. The number of carbonyl (C=O) groups excluding carboxylic acids is 2. The fourth-order valence-corrected chi connectivity index (χ4v) is 1.25. The van der Waals surface area contributed by atoms with E-state index in [0.717, 1.165) is 0 Å². The second-order valence-corrected chi connectivity index (χ2v) is 3.90. The number of benzene rings is 1. The standard InChI is InChI=1S/C13H12FNO3/c1-8(2)18-13(17)11(14)12(16)10-5-3-9(7-15)4-6-10/h3-6,8,11H,1-2H3. The molecule has 5 heteroatoms. The number of halogens is 1. The molecule has 1 aromatic rings. The van der Waals surface area contributed by atoms with Crippen LogP contribution in [0.2, 0.25) is 0 Å². The SMILES string of the molecule is CC(C)OC(=O)C(F)C(=O)c1ccc(C#N)cc1. The van der Waals surface area contributed by atoms with Gasteiger partial charge < -0.3 is 4.74 Å². The predicted octanol–water partition coefficient (Wildman–Crippen LogP) is 2.03. The minimum Gasteiger partial charge on any atom is -0.460 e. The topological polar surface area (TPSA) is 67.2 Å². The number of hydrogen-bond donors (Lipinski definition) is 0. The monoisotopic (exact) mass is 249 g/mol. The molecule has 1 rings (SSSR count). The van der Waals surface area contributed by atoms with Crippen molar-refractivity contribution < 1.29 is 18.7 Å². The van der Waals surface area contributed by atoms with E-state index in [-0.39, 0.29) is 5.56 Å². The lowest BCUT2D eigenvalue weighted by molar-refractivity contribution is -0.151. The van der Waals surface area contributed by atoms with Gasteiger partial charge in [0.15, 0.2) is 0 Å². The van der Waals surface area contributed by atoms with Gasteiger partial charge in [-0.05, 0) is 38.1 Å². The Hall–Kier alpha value is -2.22. The summed E-state index contributed by atoms with van der Waals surface area (Å²) < 4.78 is 18.1. The Balaban J connectivity index is 2.80. The van der Waals surface area contributed by atoms with Gasteiger partial charge in [-0.2, -0.15) is 5.26 Å². The van der Waals surface area contributed by atoms with Crippen molar-refractivity contribution in [1.29, 1.82) is 5.26 Å². The number of Topliss-reactive ketones (excluding diaryl/α,β-unsaturated/α-hetero) is 1. The van der Waals surface area contributed by atoms with Gasteiger partial charge in [0.1, 0.15) is 0 Å². The molecule has 1 atom stereocenters. The van der Waals surface area contributed by atoms with E-state index in [0.29, 0.717) is 5.56 Å². The summed E-state index contributed by atoms with van der Waals surface area (Å²) in [4.78, 5) is 22.8. The molecule has 0 aliphatic heterocycles. The molecule has 0 fully saturated rings. The zero-order chi connectivity index (χ0) is 13.7. The number of nitriles is 1. The van der Waals surface area contributed by atoms with Gasteiger partial charge in [0.25, 0.3) is 6.17 Å². The third kappa shape index (κ3) is 3.39. The van der Waals surface area contributed by atoms with Crippen LogP contribution in [0.25, 0.3) is 0 Å². The molecule has 0 aromatic heterocycles. The fourth-order valence-electron chi connectivity index (χ4n) is 1.25. The Labute approximate surface area is 104 Å². The number of hydrogen-bond acceptors (Lipinski definition) is 4. The number of rotatable bonds is 4. The van der Waals surface area contributed by atoms with E-state index < -0.39 is 24.0 Å². The maximum Gasteiger partial charge on any atom is 0.349 e. The molecular formula is C13H12FNO3. The van der Waals surface area contributed by atoms with Crippen molar-refractivity contribution in [2.45, 2.75) is 26.1 Å². The highest BCUT2D eigenvalue weighted by Gasteiger charge is 2.29. The molecule has 1 aromatic carbocycles. The van der Waals surface area contributed by atoms with Crippen molar-refractivity contribution >= 4 is 11.8 Å². The number of nitrogens with zero attached hydrogens (tertiary/aromatic N) is 1. The summed E-state index contributed by atoms with van der Waals surface area (Å²) in [6.07, 6.45) is -2.81. The van der Waals surface area contributed by atoms with Gasteiger partial charge in [-0.15, -0.1) is 0 Å². The Morgan fingerprint density at radius 2 is 1.83 bits per heavy atom. The van der Waals surface area contributed by atoms with Crippen molar-refractivity contribution in [3.63, 3.8) is 0 Å². The Morgan fingerprint density at radius 3 is 2.28 bits per heavy atom. The van der Waals surface area contributed by atoms with E-state index in [9.17, 15) is 14.0 Å². The quantitative estimate of drug-likeness (QED) is 0.465. The first-order chi connectivity index (χ1) is 8.45. The van der Waals surface area contributed by atoms with Crippen molar-refractivity contribution in [2.24, 2.45) is 0 Å². The van der Waals surface area contributed by atoms with Crippen LogP contribution in [-0.4, -0.2) is 24.0 Å². The molecule has 94 valence electrons. The third-order valence-corrected chi connectivity index (χ3v) is 2.09. The van der Waals surface area contributed by atoms with E-state index in [4.69, 9.17) is 5.26 Å². The van der Waals surface area contributed by atoms with Gasteiger partial charge in [0.2, 0.25) is 5.78 Å². The number of ether oxygens (including phenoxy) is 1. The average molecular weight is 249 g/mol. The minimum atomic E-state index is -2.33. The highest BCUT2D eigenvalue weighted by atomic mass is 19.1. The molecule has 0 saturated carbocycles. The molecule has 0 amide bonds. The summed E-state index contributed by atoms with van der Waals surface area (Å²) in [5.74, 6) is -2.16. The van der Waals surface area contributed by atoms with Crippen LogP contribution in [0.3, 0.4) is 0 Å². The van der Waals surface area contributed by atoms with E-state index in [1.807, 2.05) is 6.07 Å². The summed E-state index contributed by atoms with van der Waals surface area (Å²) in [5.41, 5.74) is 0.383. The first kappa shape index (κ1) is 13.8. The molecule has 0 heterocycles. The van der Waals surface area contributed by atoms with Crippen LogP contribution in [0.1, 0.15) is 29.8 Å². The molecule has 0 aliphatic carbocycles. The molecule has 0 N–H and O–H groups in total. The maximum atomic E-state index is 13.5. The number of esters is 1. The molecule has 0 bridgehead atoms. The normalized spacial score (nSPS) is 11.7. The van der Waals surface area contributed by atoms with Crippen LogP contribution < -0.4 is 0 Å². The number of ketones is 1. The summed E-state index contributed by atoms with van der Waals surface area (Å²) in [6, 6.07) is 7.24. The van der Waals surface area contributed by atoms with Crippen molar-refractivity contribution in [3.8, 4) is 6.07 Å². The number of alkyl halides is 1. The molecular weight excluding hydrogens is 237 g/mol. The second kappa shape index (κ2) is 5.92. The first-order valence-corrected chi connectivity index (χ1v) is 5.34. The lowest BCUT2D eigenvalue weighted by atomic mass is 10.1. The highest BCUT2D eigenvalue weighted by Crippen LogP contribution is 2.10. The van der Waals surface area contributed by atoms with Crippen LogP contribution in [0.5, 0.6) is 0 Å². The summed E-state index contributed by atoms with van der Waals surface area (Å²) in [5, 5.41) is 8.58. The van der Waals surface area contributed by atoms with Crippen LogP contribution in [-0.2, 0) is 9.53 Å². The van der Waals surface area contributed by atoms with Crippen LogP contribution >= 0.6 is 0 Å². The van der Waals surface area contributed by atoms with Crippen molar-refractivity contribution in [1.82, 2.24) is 0 Å². The van der Waals surface area contributed by atoms with Crippen LogP contribution in [0, 0.1) is 11.3 Å². The zero-order valence-electron chi connectivity index (χ0n) is 10.0. The van der Waals surface area contributed by atoms with Gasteiger partial charge in [-0.1, -0.05) is 0 Å². The summed E-state index contributed by atoms with van der Waals surface area (Å²) >= 11 is 0. The Bertz CT molecular complexity index is 488. The Kier molecular flexibility index (Phi) is 4.55. The predicted molar refractivity (Wildman–Crippen MR) is 61.6 cm³/mol. The highest BCUT2D eigenvalue weighted by molar-refractivity contribution is 6.11. The molecule has 0 aliphatic rings. The summed E-state index contributed by atoms with van der Waals surface area (Å²) in [7, 11) is 0. The van der Waals surface area contributed by atoms with E-state index in [2.05, 4.69) is 4.74 Å². The number of carbonyl (C=O) groups is 2. The molecule has 0 spiro atoms.